The van der Waals surface area contributed by atoms with E-state index in [1.807, 2.05) is 30.3 Å². The molecule has 6 heteroatoms. The Morgan fingerprint density at radius 3 is 2.64 bits per heavy atom. The number of carbonyl (C=O) groups excluding carboxylic acids is 1. The Bertz CT molecular complexity index is 1240. The topological polar surface area (TPSA) is 57.4 Å². The van der Waals surface area contributed by atoms with Crippen LogP contribution in [0.25, 0.3) is 10.9 Å². The number of benzene rings is 2. The molecule has 3 aliphatic rings. The van der Waals surface area contributed by atoms with Crippen molar-refractivity contribution in [3.05, 3.63) is 63.3 Å². The Balaban J connectivity index is 1.22. The predicted molar refractivity (Wildman–Crippen MR) is 134 cm³/mol. The fourth-order valence-corrected chi connectivity index (χ4v) is 6.06. The third kappa shape index (κ3) is 3.54. The highest BCUT2D eigenvalue weighted by atomic mass is 79.9. The Labute approximate surface area is 203 Å². The molecule has 2 N–H and O–H groups in total. The highest BCUT2D eigenvalue weighted by molar-refractivity contribution is 9.10. The molecular formula is C27H30BrN3O2. The SMILES string of the molecule is CC1(C)c2cc(OCC3CCN(C4CNC4)CC3)ccc2C(=O)c2c1[nH]c1cc(Br)ccc21. The number of ketones is 1. The van der Waals surface area contributed by atoms with Gasteiger partial charge >= 0.3 is 0 Å². The second-order valence-electron chi connectivity index (χ2n) is 10.3. The van der Waals surface area contributed by atoms with E-state index >= 15 is 0 Å². The van der Waals surface area contributed by atoms with Gasteiger partial charge in [0, 0.05) is 51.2 Å². The van der Waals surface area contributed by atoms with E-state index < -0.39 is 0 Å². The maximum absolute atomic E-state index is 13.5. The summed E-state index contributed by atoms with van der Waals surface area (Å²) in [5.41, 5.74) is 4.29. The summed E-state index contributed by atoms with van der Waals surface area (Å²) in [6.45, 7) is 9.75. The van der Waals surface area contributed by atoms with Crippen molar-refractivity contribution in [2.75, 3.05) is 32.8 Å². The van der Waals surface area contributed by atoms with Gasteiger partial charge in [-0.2, -0.15) is 0 Å². The minimum Gasteiger partial charge on any atom is -0.493 e. The van der Waals surface area contributed by atoms with E-state index in [2.05, 4.69) is 51.0 Å². The van der Waals surface area contributed by atoms with E-state index in [0.717, 1.165) is 69.2 Å². The third-order valence-electron chi connectivity index (χ3n) is 7.93. The molecule has 6 rings (SSSR count). The van der Waals surface area contributed by atoms with Crippen LogP contribution in [0.4, 0.5) is 0 Å². The Hall–Kier alpha value is -2.15. The smallest absolute Gasteiger partial charge is 0.195 e. The van der Waals surface area contributed by atoms with Crippen molar-refractivity contribution in [1.29, 1.82) is 0 Å². The number of piperidine rings is 1. The van der Waals surface area contributed by atoms with E-state index in [1.165, 1.54) is 25.9 Å². The molecule has 0 amide bonds. The minimum absolute atomic E-state index is 0.0947. The van der Waals surface area contributed by atoms with Gasteiger partial charge < -0.3 is 15.0 Å². The molecule has 1 aliphatic carbocycles. The van der Waals surface area contributed by atoms with E-state index in [4.69, 9.17) is 4.74 Å². The number of nitrogens with zero attached hydrogens (tertiary/aromatic N) is 1. The van der Waals surface area contributed by atoms with Gasteiger partial charge in [0.25, 0.3) is 0 Å². The van der Waals surface area contributed by atoms with Crippen molar-refractivity contribution in [2.24, 2.45) is 5.92 Å². The minimum atomic E-state index is -0.314. The van der Waals surface area contributed by atoms with Gasteiger partial charge in [0.05, 0.1) is 12.2 Å². The van der Waals surface area contributed by atoms with Crippen LogP contribution in [0.5, 0.6) is 5.75 Å². The first-order valence-corrected chi connectivity index (χ1v) is 12.8. The van der Waals surface area contributed by atoms with Gasteiger partial charge in [0.15, 0.2) is 5.78 Å². The summed E-state index contributed by atoms with van der Waals surface area (Å²) in [4.78, 5) is 19.7. The molecule has 1 aromatic heterocycles. The second kappa shape index (κ2) is 7.97. The standard InChI is InChI=1S/C27H30BrN3O2/c1-27(2)22-12-19(33-15-16-7-9-31(10-8-16)18-13-29-14-18)4-6-20(22)25(32)24-21-5-3-17(28)11-23(21)30-26(24)27/h3-6,11-12,16,18,29-30H,7-10,13-15H2,1-2H3. The molecule has 3 heterocycles. The lowest BCUT2D eigenvalue weighted by Gasteiger charge is -2.42. The maximum Gasteiger partial charge on any atom is 0.195 e. The monoisotopic (exact) mass is 507 g/mol. The summed E-state index contributed by atoms with van der Waals surface area (Å²) >= 11 is 3.55. The second-order valence-corrected chi connectivity index (χ2v) is 11.2. The molecule has 0 atom stereocenters. The van der Waals surface area contributed by atoms with E-state index in [-0.39, 0.29) is 11.2 Å². The van der Waals surface area contributed by atoms with Crippen LogP contribution in [-0.4, -0.2) is 54.5 Å². The van der Waals surface area contributed by atoms with Crippen molar-refractivity contribution >= 4 is 32.6 Å². The van der Waals surface area contributed by atoms with Crippen molar-refractivity contribution < 1.29 is 9.53 Å². The summed E-state index contributed by atoms with van der Waals surface area (Å²) in [6, 6.07) is 12.8. The van der Waals surface area contributed by atoms with E-state index in [1.54, 1.807) is 0 Å². The zero-order valence-electron chi connectivity index (χ0n) is 19.2. The van der Waals surface area contributed by atoms with Crippen molar-refractivity contribution in [2.45, 2.75) is 38.1 Å². The molecule has 3 aromatic rings. The molecule has 33 heavy (non-hydrogen) atoms. The molecule has 0 radical (unpaired) electrons. The average Bonchev–Trinajstić information content (AvgIpc) is 3.16. The number of rotatable bonds is 4. The van der Waals surface area contributed by atoms with Gasteiger partial charge in [0.2, 0.25) is 0 Å². The number of hydrogen-bond acceptors (Lipinski definition) is 4. The highest BCUT2D eigenvalue weighted by Crippen LogP contribution is 2.45. The van der Waals surface area contributed by atoms with Gasteiger partial charge in [-0.25, -0.2) is 0 Å². The number of hydrogen-bond donors (Lipinski definition) is 2. The number of H-pyrrole nitrogens is 1. The van der Waals surface area contributed by atoms with E-state index in [9.17, 15) is 4.79 Å². The van der Waals surface area contributed by atoms with Gasteiger partial charge in [-0.3, -0.25) is 9.69 Å². The number of fused-ring (bicyclic) bond motifs is 4. The first-order valence-electron chi connectivity index (χ1n) is 12.0. The molecule has 5 nitrogen and oxygen atoms in total. The van der Waals surface area contributed by atoms with Gasteiger partial charge in [-0.05, 0) is 67.7 Å². The lowest BCUT2D eigenvalue weighted by atomic mass is 9.71. The Morgan fingerprint density at radius 1 is 1.12 bits per heavy atom. The van der Waals surface area contributed by atoms with Gasteiger partial charge in [-0.15, -0.1) is 0 Å². The zero-order chi connectivity index (χ0) is 22.7. The lowest BCUT2D eigenvalue weighted by Crippen LogP contribution is -2.58. The summed E-state index contributed by atoms with van der Waals surface area (Å²) in [7, 11) is 0. The maximum atomic E-state index is 13.5. The number of halogens is 1. The Kier molecular flexibility index (Phi) is 5.16. The highest BCUT2D eigenvalue weighted by Gasteiger charge is 2.40. The number of ether oxygens (including phenoxy) is 1. The summed E-state index contributed by atoms with van der Waals surface area (Å²) in [6.07, 6.45) is 2.39. The molecular weight excluding hydrogens is 478 g/mol. The van der Waals surface area contributed by atoms with Gasteiger partial charge in [-0.1, -0.05) is 35.8 Å². The molecule has 2 aromatic carbocycles. The number of carbonyl (C=O) groups is 1. The quantitative estimate of drug-likeness (QED) is 0.529. The van der Waals surface area contributed by atoms with Crippen LogP contribution >= 0.6 is 15.9 Å². The predicted octanol–water partition coefficient (Wildman–Crippen LogP) is 4.86. The van der Waals surface area contributed by atoms with Crippen molar-refractivity contribution in [1.82, 2.24) is 15.2 Å². The van der Waals surface area contributed by atoms with Gasteiger partial charge in [0.1, 0.15) is 5.75 Å². The number of aromatic nitrogens is 1. The summed E-state index contributed by atoms with van der Waals surface area (Å²) < 4.78 is 7.28. The summed E-state index contributed by atoms with van der Waals surface area (Å²) in [5, 5.41) is 4.36. The zero-order valence-corrected chi connectivity index (χ0v) is 20.8. The number of likely N-dealkylation sites (tertiary alicyclic amines) is 1. The molecule has 2 saturated heterocycles. The molecule has 2 aliphatic heterocycles. The number of aromatic amines is 1. The molecule has 172 valence electrons. The molecule has 2 fully saturated rings. The van der Waals surface area contributed by atoms with Crippen LogP contribution in [0.1, 0.15) is 53.9 Å². The van der Waals surface area contributed by atoms with Crippen molar-refractivity contribution in [3.8, 4) is 5.75 Å². The lowest BCUT2D eigenvalue weighted by molar-refractivity contribution is 0.0823. The van der Waals surface area contributed by atoms with Crippen LogP contribution in [0.3, 0.4) is 0 Å². The van der Waals surface area contributed by atoms with Crippen molar-refractivity contribution in [3.63, 3.8) is 0 Å². The first kappa shape index (κ1) is 21.4. The van der Waals surface area contributed by atoms with Crippen LogP contribution in [0, 0.1) is 5.92 Å². The fraction of sp³-hybridized carbons (Fsp3) is 0.444. The fourth-order valence-electron chi connectivity index (χ4n) is 5.70. The molecule has 0 saturated carbocycles. The molecule has 0 spiro atoms. The first-order chi connectivity index (χ1) is 15.9. The third-order valence-corrected chi connectivity index (χ3v) is 8.43. The van der Waals surface area contributed by atoms with Crippen LogP contribution in [-0.2, 0) is 5.41 Å². The molecule has 0 unspecified atom stereocenters. The normalized spacial score (nSPS) is 21.0. The Morgan fingerprint density at radius 2 is 1.91 bits per heavy atom. The molecule has 0 bridgehead atoms. The van der Waals surface area contributed by atoms with E-state index in [0.29, 0.717) is 5.92 Å². The average molecular weight is 508 g/mol. The summed E-state index contributed by atoms with van der Waals surface area (Å²) in [5.74, 6) is 1.55. The number of nitrogens with one attached hydrogen (secondary N) is 2. The largest absolute Gasteiger partial charge is 0.493 e. The van der Waals surface area contributed by atoms with Crippen LogP contribution in [0.2, 0.25) is 0 Å². The van der Waals surface area contributed by atoms with Crippen LogP contribution < -0.4 is 10.1 Å². The van der Waals surface area contributed by atoms with Crippen LogP contribution in [0.15, 0.2) is 40.9 Å².